The minimum absolute atomic E-state index is 0.181. The molecule has 114 valence electrons. The van der Waals surface area contributed by atoms with Gasteiger partial charge in [-0.15, -0.1) is 0 Å². The molecule has 6 heteroatoms. The molecule has 0 spiro atoms. The molecule has 0 aliphatic heterocycles. The number of thiophene rings is 1. The maximum Gasteiger partial charge on any atom is 0.137 e. The summed E-state index contributed by atoms with van der Waals surface area (Å²) >= 11 is 7.75. The van der Waals surface area contributed by atoms with Crippen molar-refractivity contribution in [3.05, 3.63) is 38.9 Å². The monoisotopic (exact) mass is 325 g/mol. The van der Waals surface area contributed by atoms with Crippen LogP contribution in [0, 0.1) is 6.92 Å². The summed E-state index contributed by atoms with van der Waals surface area (Å²) in [6.45, 7) is 8.37. The number of halogens is 1. The Bertz CT molecular complexity index is 608. The van der Waals surface area contributed by atoms with Crippen molar-refractivity contribution in [2.45, 2.75) is 39.2 Å². The van der Waals surface area contributed by atoms with Gasteiger partial charge in [0.2, 0.25) is 0 Å². The van der Waals surface area contributed by atoms with Crippen LogP contribution in [0.1, 0.15) is 43.8 Å². The van der Waals surface area contributed by atoms with Crippen molar-refractivity contribution in [2.75, 3.05) is 11.9 Å². The molecule has 0 bridgehead atoms. The topological polar surface area (TPSA) is 58.0 Å². The Labute approximate surface area is 134 Å². The van der Waals surface area contributed by atoms with Crippen LogP contribution in [0.4, 0.5) is 5.82 Å². The first-order valence-electron chi connectivity index (χ1n) is 6.77. The van der Waals surface area contributed by atoms with Gasteiger partial charge in [0.1, 0.15) is 16.8 Å². The molecule has 0 radical (unpaired) electrons. The van der Waals surface area contributed by atoms with Gasteiger partial charge in [-0.05, 0) is 29.3 Å². The summed E-state index contributed by atoms with van der Waals surface area (Å²) in [6, 6.07) is 1.91. The molecule has 0 fully saturated rings. The fraction of sp³-hybridized carbons (Fsp3) is 0.467. The zero-order valence-electron chi connectivity index (χ0n) is 12.6. The number of aromatic nitrogens is 2. The van der Waals surface area contributed by atoms with E-state index in [-0.39, 0.29) is 5.41 Å². The van der Waals surface area contributed by atoms with E-state index in [9.17, 15) is 5.11 Å². The van der Waals surface area contributed by atoms with Gasteiger partial charge < -0.3 is 10.4 Å². The van der Waals surface area contributed by atoms with Crippen molar-refractivity contribution in [1.29, 1.82) is 0 Å². The molecule has 2 aromatic rings. The number of hydrogen-bond acceptors (Lipinski definition) is 5. The third-order valence-electron chi connectivity index (χ3n) is 3.15. The fourth-order valence-electron chi connectivity index (χ4n) is 1.77. The van der Waals surface area contributed by atoms with E-state index in [0.717, 1.165) is 11.1 Å². The summed E-state index contributed by atoms with van der Waals surface area (Å²) in [7, 11) is 0. The Morgan fingerprint density at radius 1 is 1.38 bits per heavy atom. The Hall–Kier alpha value is -1.17. The Morgan fingerprint density at radius 3 is 2.67 bits per heavy atom. The van der Waals surface area contributed by atoms with Gasteiger partial charge in [-0.1, -0.05) is 32.4 Å². The van der Waals surface area contributed by atoms with E-state index in [1.165, 1.54) is 0 Å². The molecule has 0 aliphatic carbocycles. The van der Waals surface area contributed by atoms with Crippen LogP contribution in [0.25, 0.3) is 0 Å². The average molecular weight is 326 g/mol. The number of nitrogens with one attached hydrogen (secondary N) is 1. The molecule has 0 amide bonds. The molecule has 21 heavy (non-hydrogen) atoms. The van der Waals surface area contributed by atoms with Gasteiger partial charge in [-0.25, -0.2) is 9.97 Å². The lowest BCUT2D eigenvalue weighted by atomic mass is 9.95. The summed E-state index contributed by atoms with van der Waals surface area (Å²) in [5.74, 6) is 1.36. The zero-order valence-corrected chi connectivity index (χ0v) is 14.2. The molecule has 1 unspecified atom stereocenters. The Balaban J connectivity index is 2.18. The quantitative estimate of drug-likeness (QED) is 0.836. The first kappa shape index (κ1) is 16.2. The summed E-state index contributed by atoms with van der Waals surface area (Å²) in [5.41, 5.74) is 1.52. The van der Waals surface area contributed by atoms with Crippen molar-refractivity contribution in [2.24, 2.45) is 0 Å². The van der Waals surface area contributed by atoms with E-state index in [2.05, 4.69) is 15.3 Å². The van der Waals surface area contributed by atoms with Crippen LogP contribution in [-0.2, 0) is 5.41 Å². The van der Waals surface area contributed by atoms with Crippen molar-refractivity contribution < 1.29 is 5.11 Å². The van der Waals surface area contributed by atoms with Gasteiger partial charge >= 0.3 is 0 Å². The normalized spacial score (nSPS) is 13.2. The molecule has 0 saturated carbocycles. The highest BCUT2D eigenvalue weighted by atomic mass is 35.5. The lowest BCUT2D eigenvalue weighted by Gasteiger charge is -2.20. The molecule has 0 saturated heterocycles. The second kappa shape index (κ2) is 6.30. The van der Waals surface area contributed by atoms with Crippen LogP contribution < -0.4 is 5.32 Å². The summed E-state index contributed by atoms with van der Waals surface area (Å²) in [4.78, 5) is 8.88. The highest BCUT2D eigenvalue weighted by Gasteiger charge is 2.21. The molecule has 0 aromatic carbocycles. The molecular weight excluding hydrogens is 306 g/mol. The molecule has 0 aliphatic rings. The molecule has 1 atom stereocenters. The maximum atomic E-state index is 10.1. The average Bonchev–Trinajstić information content (AvgIpc) is 2.92. The highest BCUT2D eigenvalue weighted by molar-refractivity contribution is 7.07. The third-order valence-corrected chi connectivity index (χ3v) is 4.22. The van der Waals surface area contributed by atoms with Crippen LogP contribution in [0.2, 0.25) is 5.15 Å². The van der Waals surface area contributed by atoms with Crippen LogP contribution in [0.3, 0.4) is 0 Å². The van der Waals surface area contributed by atoms with Gasteiger partial charge in [0.25, 0.3) is 0 Å². The molecule has 2 N–H and O–H groups in total. The lowest BCUT2D eigenvalue weighted by molar-refractivity contribution is 0.192. The van der Waals surface area contributed by atoms with E-state index < -0.39 is 6.10 Å². The number of nitrogens with zero attached hydrogens (tertiary/aromatic N) is 2. The van der Waals surface area contributed by atoms with Crippen molar-refractivity contribution in [3.8, 4) is 0 Å². The zero-order chi connectivity index (χ0) is 15.6. The van der Waals surface area contributed by atoms with Crippen molar-refractivity contribution in [3.63, 3.8) is 0 Å². The number of aliphatic hydroxyl groups is 1. The van der Waals surface area contributed by atoms with E-state index in [1.807, 2.05) is 44.5 Å². The van der Waals surface area contributed by atoms with Crippen LogP contribution in [0.15, 0.2) is 16.8 Å². The standard InChI is InChI=1S/C15H20ClN3OS/c1-9-12(16)18-14(15(2,3)4)19-13(9)17-7-11(20)10-5-6-21-8-10/h5-6,8,11,20H,7H2,1-4H3,(H,17,18,19). The lowest BCUT2D eigenvalue weighted by Crippen LogP contribution is -2.20. The van der Waals surface area contributed by atoms with Gasteiger partial charge in [-0.2, -0.15) is 11.3 Å². The maximum absolute atomic E-state index is 10.1. The van der Waals surface area contributed by atoms with E-state index >= 15 is 0 Å². The molecule has 4 nitrogen and oxygen atoms in total. The predicted molar refractivity (Wildman–Crippen MR) is 88.2 cm³/mol. The highest BCUT2D eigenvalue weighted by Crippen LogP contribution is 2.26. The molecule has 2 heterocycles. The van der Waals surface area contributed by atoms with Crippen molar-refractivity contribution in [1.82, 2.24) is 9.97 Å². The molecule has 2 aromatic heterocycles. The fourth-order valence-corrected chi connectivity index (χ4v) is 2.65. The minimum atomic E-state index is -0.567. The minimum Gasteiger partial charge on any atom is -0.387 e. The SMILES string of the molecule is Cc1c(Cl)nc(C(C)(C)C)nc1NCC(O)c1ccsc1. The number of anilines is 1. The molecular formula is C15H20ClN3OS. The van der Waals surface area contributed by atoms with E-state index in [0.29, 0.717) is 23.3 Å². The number of hydrogen-bond donors (Lipinski definition) is 2. The predicted octanol–water partition coefficient (Wildman–Crippen LogP) is 3.94. The van der Waals surface area contributed by atoms with Gasteiger partial charge in [0.15, 0.2) is 0 Å². The number of rotatable bonds is 4. The van der Waals surface area contributed by atoms with Gasteiger partial charge in [0, 0.05) is 17.5 Å². The van der Waals surface area contributed by atoms with E-state index in [1.54, 1.807) is 11.3 Å². The Morgan fingerprint density at radius 2 is 2.10 bits per heavy atom. The van der Waals surface area contributed by atoms with E-state index in [4.69, 9.17) is 11.6 Å². The van der Waals surface area contributed by atoms with Crippen LogP contribution in [-0.4, -0.2) is 21.6 Å². The smallest absolute Gasteiger partial charge is 0.137 e. The summed E-state index contributed by atoms with van der Waals surface area (Å²) in [5, 5.41) is 17.6. The summed E-state index contributed by atoms with van der Waals surface area (Å²) in [6.07, 6.45) is -0.567. The second-order valence-corrected chi connectivity index (χ2v) is 7.15. The van der Waals surface area contributed by atoms with Crippen LogP contribution >= 0.6 is 22.9 Å². The third kappa shape index (κ3) is 3.93. The molecule has 2 rings (SSSR count). The van der Waals surface area contributed by atoms with Crippen molar-refractivity contribution >= 4 is 28.8 Å². The van der Waals surface area contributed by atoms with Gasteiger partial charge in [-0.3, -0.25) is 0 Å². The first-order valence-corrected chi connectivity index (χ1v) is 8.09. The number of aliphatic hydroxyl groups excluding tert-OH is 1. The van der Waals surface area contributed by atoms with Crippen LogP contribution in [0.5, 0.6) is 0 Å². The summed E-state index contributed by atoms with van der Waals surface area (Å²) < 4.78 is 0. The second-order valence-electron chi connectivity index (χ2n) is 6.02. The first-order chi connectivity index (χ1) is 9.79. The Kier molecular flexibility index (Phi) is 4.86. The largest absolute Gasteiger partial charge is 0.387 e. The van der Waals surface area contributed by atoms with Gasteiger partial charge in [0.05, 0.1) is 6.10 Å².